The maximum Gasteiger partial charge on any atom is 0.258 e. The molecule has 0 unspecified atom stereocenters. The van der Waals surface area contributed by atoms with Gasteiger partial charge in [0, 0.05) is 38.4 Å². The van der Waals surface area contributed by atoms with E-state index in [0.717, 1.165) is 16.7 Å². The van der Waals surface area contributed by atoms with Crippen LogP contribution in [0.25, 0.3) is 11.1 Å². The van der Waals surface area contributed by atoms with Crippen molar-refractivity contribution in [1.82, 2.24) is 14.8 Å². The Morgan fingerprint density at radius 2 is 1.73 bits per heavy atom. The van der Waals surface area contributed by atoms with Crippen molar-refractivity contribution in [2.24, 2.45) is 0 Å². The van der Waals surface area contributed by atoms with Gasteiger partial charge in [-0.05, 0) is 54.8 Å². The van der Waals surface area contributed by atoms with Gasteiger partial charge in [0.15, 0.2) is 0 Å². The zero-order chi connectivity index (χ0) is 23.2. The molecule has 0 saturated carbocycles. The van der Waals surface area contributed by atoms with E-state index in [1.54, 1.807) is 29.4 Å². The van der Waals surface area contributed by atoms with Crippen molar-refractivity contribution in [3.63, 3.8) is 0 Å². The lowest BCUT2D eigenvalue weighted by Crippen LogP contribution is -2.59. The van der Waals surface area contributed by atoms with Crippen LogP contribution in [0.4, 0.5) is 0 Å². The molecule has 1 aliphatic heterocycles. The number of pyridine rings is 1. The molecule has 1 aromatic heterocycles. The van der Waals surface area contributed by atoms with Crippen LogP contribution in [0.3, 0.4) is 0 Å². The second kappa shape index (κ2) is 10.3. The van der Waals surface area contributed by atoms with Crippen LogP contribution < -0.4 is 4.74 Å². The van der Waals surface area contributed by atoms with Crippen molar-refractivity contribution in [3.8, 4) is 16.9 Å². The zero-order valence-corrected chi connectivity index (χ0v) is 19.1. The number of rotatable bonds is 7. The van der Waals surface area contributed by atoms with Crippen LogP contribution in [-0.4, -0.2) is 58.9 Å². The van der Waals surface area contributed by atoms with Crippen molar-refractivity contribution in [3.05, 3.63) is 84.2 Å². The lowest BCUT2D eigenvalue weighted by molar-refractivity contribution is -0.139. The van der Waals surface area contributed by atoms with Crippen LogP contribution in [0.1, 0.15) is 29.8 Å². The Hall–Kier alpha value is -3.67. The minimum atomic E-state index is -0.580. The second-order valence-electron chi connectivity index (χ2n) is 7.96. The first-order valence-electron chi connectivity index (χ1n) is 11.4. The highest BCUT2D eigenvalue weighted by atomic mass is 16.5. The van der Waals surface area contributed by atoms with Crippen molar-refractivity contribution in [2.45, 2.75) is 26.3 Å². The van der Waals surface area contributed by atoms with E-state index in [0.29, 0.717) is 44.0 Å². The highest BCUT2D eigenvalue weighted by Crippen LogP contribution is 2.28. The molecule has 170 valence electrons. The Morgan fingerprint density at radius 1 is 1.00 bits per heavy atom. The second-order valence-corrected chi connectivity index (χ2v) is 7.96. The number of carbonyl (C=O) groups is 2. The summed E-state index contributed by atoms with van der Waals surface area (Å²) in [5.74, 6) is 0.358. The normalized spacial score (nSPS) is 16.1. The van der Waals surface area contributed by atoms with E-state index in [4.69, 9.17) is 4.74 Å². The van der Waals surface area contributed by atoms with E-state index in [1.165, 1.54) is 0 Å². The van der Waals surface area contributed by atoms with Gasteiger partial charge in [-0.2, -0.15) is 0 Å². The number of nitrogens with zero attached hydrogens (tertiary/aromatic N) is 3. The number of benzene rings is 2. The predicted octanol–water partition coefficient (Wildman–Crippen LogP) is 4.06. The molecule has 1 aliphatic rings. The first-order chi connectivity index (χ1) is 16.1. The lowest BCUT2D eigenvalue weighted by Gasteiger charge is -2.40. The van der Waals surface area contributed by atoms with Crippen molar-refractivity contribution in [1.29, 1.82) is 0 Å². The number of para-hydroxylation sites is 1. The van der Waals surface area contributed by atoms with Gasteiger partial charge < -0.3 is 14.5 Å². The summed E-state index contributed by atoms with van der Waals surface area (Å²) < 4.78 is 5.70. The standard InChI is InChI=1S/C27H29N3O3/c1-3-29-17-18-30(26(31)23-11-7-8-12-25(23)33-4-2)24(27(29)32)19-21-9-5-6-10-22(21)20-13-15-28-16-14-20/h5-16,24H,3-4,17-19H2,1-2H3/t24-/m0/s1. The molecule has 1 saturated heterocycles. The topological polar surface area (TPSA) is 62.7 Å². The number of aromatic nitrogens is 1. The maximum atomic E-state index is 13.7. The average Bonchev–Trinajstić information content (AvgIpc) is 2.86. The molecule has 0 spiro atoms. The first kappa shape index (κ1) is 22.5. The molecule has 6 heteroatoms. The monoisotopic (exact) mass is 443 g/mol. The van der Waals surface area contributed by atoms with Gasteiger partial charge in [0.2, 0.25) is 5.91 Å². The van der Waals surface area contributed by atoms with Crippen LogP contribution in [0.2, 0.25) is 0 Å². The SMILES string of the molecule is CCOc1ccccc1C(=O)N1CCN(CC)C(=O)[C@@H]1Cc1ccccc1-c1ccncc1. The number of hydrogen-bond donors (Lipinski definition) is 0. The van der Waals surface area contributed by atoms with E-state index < -0.39 is 6.04 Å². The number of carbonyl (C=O) groups excluding carboxylic acids is 2. The van der Waals surface area contributed by atoms with Crippen LogP contribution in [0, 0.1) is 0 Å². The van der Waals surface area contributed by atoms with Gasteiger partial charge >= 0.3 is 0 Å². The molecule has 6 nitrogen and oxygen atoms in total. The quantitative estimate of drug-likeness (QED) is 0.552. The lowest BCUT2D eigenvalue weighted by atomic mass is 9.93. The van der Waals surface area contributed by atoms with Crippen molar-refractivity contribution in [2.75, 3.05) is 26.2 Å². The molecular weight excluding hydrogens is 414 g/mol. The van der Waals surface area contributed by atoms with Gasteiger partial charge in [-0.1, -0.05) is 36.4 Å². The molecule has 0 radical (unpaired) electrons. The maximum absolute atomic E-state index is 13.7. The number of likely N-dealkylation sites (N-methyl/N-ethyl adjacent to an activating group) is 1. The highest BCUT2D eigenvalue weighted by Gasteiger charge is 2.38. The average molecular weight is 444 g/mol. The van der Waals surface area contributed by atoms with Gasteiger partial charge in [-0.3, -0.25) is 14.6 Å². The summed E-state index contributed by atoms with van der Waals surface area (Å²) in [5.41, 5.74) is 3.60. The smallest absolute Gasteiger partial charge is 0.258 e. The molecule has 0 N–H and O–H groups in total. The van der Waals surface area contributed by atoms with Gasteiger partial charge in [-0.25, -0.2) is 0 Å². The zero-order valence-electron chi connectivity index (χ0n) is 19.1. The summed E-state index contributed by atoms with van der Waals surface area (Å²) in [6.07, 6.45) is 3.96. The summed E-state index contributed by atoms with van der Waals surface area (Å²) >= 11 is 0. The summed E-state index contributed by atoms with van der Waals surface area (Å²) in [7, 11) is 0. The fraction of sp³-hybridized carbons (Fsp3) is 0.296. The van der Waals surface area contributed by atoms with Gasteiger partial charge in [0.05, 0.1) is 12.2 Å². The van der Waals surface area contributed by atoms with E-state index in [9.17, 15) is 9.59 Å². The molecule has 2 amide bonds. The van der Waals surface area contributed by atoms with Gasteiger partial charge in [0.25, 0.3) is 5.91 Å². The van der Waals surface area contributed by atoms with Crippen molar-refractivity contribution < 1.29 is 14.3 Å². The van der Waals surface area contributed by atoms with Gasteiger partial charge in [-0.15, -0.1) is 0 Å². The van der Waals surface area contributed by atoms with Crippen LogP contribution >= 0.6 is 0 Å². The third kappa shape index (κ3) is 4.75. The minimum Gasteiger partial charge on any atom is -0.493 e. The predicted molar refractivity (Wildman–Crippen MR) is 128 cm³/mol. The number of ether oxygens (including phenoxy) is 1. The molecule has 0 bridgehead atoms. The van der Waals surface area contributed by atoms with E-state index in [1.807, 2.05) is 67.3 Å². The Balaban J connectivity index is 1.70. The van der Waals surface area contributed by atoms with E-state index >= 15 is 0 Å². The summed E-state index contributed by atoms with van der Waals surface area (Å²) in [5, 5.41) is 0. The first-order valence-corrected chi connectivity index (χ1v) is 11.4. The molecule has 33 heavy (non-hydrogen) atoms. The molecule has 3 aromatic rings. The largest absolute Gasteiger partial charge is 0.493 e. The number of amides is 2. The van der Waals surface area contributed by atoms with Crippen LogP contribution in [0.15, 0.2) is 73.1 Å². The van der Waals surface area contributed by atoms with Crippen LogP contribution in [-0.2, 0) is 11.2 Å². The summed E-state index contributed by atoms with van der Waals surface area (Å²) in [4.78, 5) is 34.8. The molecule has 2 aromatic carbocycles. The summed E-state index contributed by atoms with van der Waals surface area (Å²) in [6, 6.07) is 18.6. The minimum absolute atomic E-state index is 0.0180. The molecule has 1 atom stereocenters. The molecule has 4 rings (SSSR count). The molecule has 2 heterocycles. The fourth-order valence-electron chi connectivity index (χ4n) is 4.39. The third-order valence-corrected chi connectivity index (χ3v) is 6.07. The molecule has 1 fully saturated rings. The van der Waals surface area contributed by atoms with Crippen molar-refractivity contribution >= 4 is 11.8 Å². The Kier molecular flexibility index (Phi) is 7.03. The Bertz CT molecular complexity index is 1120. The Morgan fingerprint density at radius 3 is 2.48 bits per heavy atom. The molecule has 0 aliphatic carbocycles. The van der Waals surface area contributed by atoms with Gasteiger partial charge in [0.1, 0.15) is 11.8 Å². The highest BCUT2D eigenvalue weighted by molar-refractivity contribution is 6.00. The number of hydrogen-bond acceptors (Lipinski definition) is 4. The molecular formula is C27H29N3O3. The van der Waals surface area contributed by atoms with E-state index in [2.05, 4.69) is 4.98 Å². The third-order valence-electron chi connectivity index (χ3n) is 6.07. The number of piperazine rings is 1. The summed E-state index contributed by atoms with van der Waals surface area (Å²) in [6.45, 7) is 5.97. The van der Waals surface area contributed by atoms with Crippen LogP contribution in [0.5, 0.6) is 5.75 Å². The Labute approximate surface area is 194 Å². The fourth-order valence-corrected chi connectivity index (χ4v) is 4.39. The van der Waals surface area contributed by atoms with E-state index in [-0.39, 0.29) is 11.8 Å².